The van der Waals surface area contributed by atoms with E-state index in [1.165, 1.54) is 12.0 Å². The van der Waals surface area contributed by atoms with Gasteiger partial charge in [-0.1, -0.05) is 12.1 Å². The van der Waals surface area contributed by atoms with Gasteiger partial charge in [-0.2, -0.15) is 5.10 Å². The Morgan fingerprint density at radius 2 is 1.96 bits per heavy atom. The van der Waals surface area contributed by atoms with Gasteiger partial charge in [0.15, 0.2) is 0 Å². The van der Waals surface area contributed by atoms with Crippen LogP contribution in [0.4, 0.5) is 0 Å². The van der Waals surface area contributed by atoms with Crippen LogP contribution in [-0.4, -0.2) is 58.3 Å². The highest BCUT2D eigenvalue weighted by Gasteiger charge is 2.37. The number of rotatable bonds is 5. The summed E-state index contributed by atoms with van der Waals surface area (Å²) in [6.07, 6.45) is 4.18. The van der Waals surface area contributed by atoms with Crippen molar-refractivity contribution >= 4 is 5.91 Å². The molecule has 0 saturated carbocycles. The zero-order chi connectivity index (χ0) is 18.8. The van der Waals surface area contributed by atoms with E-state index in [2.05, 4.69) is 27.0 Å². The second-order valence-corrected chi connectivity index (χ2v) is 7.65. The maximum atomic E-state index is 13.0. The molecule has 0 spiro atoms. The number of piperidine rings is 1. The summed E-state index contributed by atoms with van der Waals surface area (Å²) in [4.78, 5) is 17.6. The van der Waals surface area contributed by atoms with Gasteiger partial charge in [-0.05, 0) is 49.4 Å². The number of ether oxygens (including phenoxy) is 1. The predicted octanol–water partition coefficient (Wildman–Crippen LogP) is 2.65. The number of nitrogens with zero attached hydrogens (tertiary/aromatic N) is 4. The summed E-state index contributed by atoms with van der Waals surface area (Å²) >= 11 is 0. The van der Waals surface area contributed by atoms with E-state index >= 15 is 0 Å². The zero-order valence-corrected chi connectivity index (χ0v) is 16.2. The molecule has 144 valence electrons. The fourth-order valence-electron chi connectivity index (χ4n) is 4.35. The first-order valence-corrected chi connectivity index (χ1v) is 9.86. The fraction of sp³-hybridized carbons (Fsp3) is 0.524. The molecule has 2 aromatic rings. The van der Waals surface area contributed by atoms with Crippen molar-refractivity contribution in [3.05, 3.63) is 47.8 Å². The van der Waals surface area contributed by atoms with E-state index in [4.69, 9.17) is 4.74 Å². The summed E-state index contributed by atoms with van der Waals surface area (Å²) < 4.78 is 7.07. The van der Waals surface area contributed by atoms with Crippen molar-refractivity contribution in [1.29, 1.82) is 0 Å². The minimum absolute atomic E-state index is 0.0863. The van der Waals surface area contributed by atoms with Gasteiger partial charge < -0.3 is 9.64 Å². The van der Waals surface area contributed by atoms with Crippen LogP contribution in [0, 0.1) is 5.92 Å². The third-order valence-electron chi connectivity index (χ3n) is 5.80. The predicted molar refractivity (Wildman–Crippen MR) is 104 cm³/mol. The second-order valence-electron chi connectivity index (χ2n) is 7.65. The van der Waals surface area contributed by atoms with Crippen molar-refractivity contribution in [2.75, 3.05) is 26.7 Å². The molecule has 2 atom stereocenters. The van der Waals surface area contributed by atoms with E-state index in [0.717, 1.165) is 44.9 Å². The molecule has 0 N–H and O–H groups in total. The topological polar surface area (TPSA) is 50.6 Å². The molecule has 0 unspecified atom stereocenters. The number of hydrogen-bond donors (Lipinski definition) is 0. The highest BCUT2D eigenvalue weighted by molar-refractivity contribution is 5.92. The first-order valence-electron chi connectivity index (χ1n) is 9.86. The average Bonchev–Trinajstić information content (AvgIpc) is 3.02. The van der Waals surface area contributed by atoms with Crippen LogP contribution in [0.25, 0.3) is 0 Å². The van der Waals surface area contributed by atoms with Crippen LogP contribution in [0.15, 0.2) is 36.5 Å². The monoisotopic (exact) mass is 368 g/mol. The lowest BCUT2D eigenvalue weighted by Gasteiger charge is -2.35. The summed E-state index contributed by atoms with van der Waals surface area (Å²) in [5, 5.41) is 4.42. The van der Waals surface area contributed by atoms with E-state index in [0.29, 0.717) is 11.6 Å². The van der Waals surface area contributed by atoms with Crippen LogP contribution in [0.5, 0.6) is 5.75 Å². The Hall–Kier alpha value is -2.34. The van der Waals surface area contributed by atoms with Crippen molar-refractivity contribution in [1.82, 2.24) is 19.6 Å². The number of hydrogen-bond acceptors (Lipinski definition) is 4. The number of carbonyl (C=O) groups excluding carboxylic acids is 1. The Morgan fingerprint density at radius 1 is 1.15 bits per heavy atom. The van der Waals surface area contributed by atoms with Gasteiger partial charge in [-0.3, -0.25) is 14.4 Å². The van der Waals surface area contributed by atoms with Gasteiger partial charge in [0.25, 0.3) is 5.91 Å². The van der Waals surface area contributed by atoms with Gasteiger partial charge in [0, 0.05) is 45.0 Å². The first kappa shape index (κ1) is 18.0. The van der Waals surface area contributed by atoms with E-state index in [-0.39, 0.29) is 11.9 Å². The van der Waals surface area contributed by atoms with Gasteiger partial charge in [-0.25, -0.2) is 0 Å². The molecular weight excluding hydrogens is 340 g/mol. The van der Waals surface area contributed by atoms with Crippen molar-refractivity contribution in [3.63, 3.8) is 0 Å². The Kier molecular flexibility index (Phi) is 5.16. The molecule has 2 bridgehead atoms. The molecule has 1 aromatic carbocycles. The largest absolute Gasteiger partial charge is 0.497 e. The Balaban J connectivity index is 1.45. The maximum Gasteiger partial charge on any atom is 0.274 e. The second kappa shape index (κ2) is 7.72. The van der Waals surface area contributed by atoms with Gasteiger partial charge in [0.2, 0.25) is 0 Å². The third kappa shape index (κ3) is 3.86. The normalized spacial score (nSPS) is 22.7. The molecule has 6 heteroatoms. The molecule has 3 saturated heterocycles. The smallest absolute Gasteiger partial charge is 0.274 e. The summed E-state index contributed by atoms with van der Waals surface area (Å²) in [5.74, 6) is 1.51. The summed E-state index contributed by atoms with van der Waals surface area (Å²) in [6, 6.07) is 10.4. The lowest BCUT2D eigenvalue weighted by molar-refractivity contribution is 0.0578. The molecule has 3 aliphatic heterocycles. The van der Waals surface area contributed by atoms with E-state index in [1.54, 1.807) is 7.11 Å². The lowest BCUT2D eigenvalue weighted by Crippen LogP contribution is -2.47. The molecular formula is C21H28N4O2. The molecule has 0 radical (unpaired) electrons. The number of fused-ring (bicyclic) bond motifs is 4. The van der Waals surface area contributed by atoms with Crippen LogP contribution in [-0.2, 0) is 13.1 Å². The number of methoxy groups -OCH3 is 1. The number of amides is 1. The van der Waals surface area contributed by atoms with Gasteiger partial charge in [-0.15, -0.1) is 0 Å². The van der Waals surface area contributed by atoms with Crippen molar-refractivity contribution < 1.29 is 9.53 Å². The Morgan fingerprint density at radius 3 is 2.67 bits per heavy atom. The Bertz CT molecular complexity index is 786. The molecule has 3 fully saturated rings. The van der Waals surface area contributed by atoms with Crippen molar-refractivity contribution in [2.24, 2.45) is 5.92 Å². The van der Waals surface area contributed by atoms with Crippen LogP contribution < -0.4 is 4.74 Å². The van der Waals surface area contributed by atoms with Crippen molar-refractivity contribution in [2.45, 2.75) is 38.9 Å². The molecule has 6 nitrogen and oxygen atoms in total. The van der Waals surface area contributed by atoms with Crippen LogP contribution in [0.3, 0.4) is 0 Å². The zero-order valence-electron chi connectivity index (χ0n) is 16.2. The van der Waals surface area contributed by atoms with Gasteiger partial charge in [0.05, 0.1) is 7.11 Å². The van der Waals surface area contributed by atoms with E-state index in [1.807, 2.05) is 36.0 Å². The summed E-state index contributed by atoms with van der Waals surface area (Å²) in [6.45, 7) is 6.57. The molecule has 27 heavy (non-hydrogen) atoms. The third-order valence-corrected chi connectivity index (χ3v) is 5.80. The van der Waals surface area contributed by atoms with Gasteiger partial charge >= 0.3 is 0 Å². The molecule has 5 rings (SSSR count). The van der Waals surface area contributed by atoms with Crippen LogP contribution in [0.1, 0.15) is 35.8 Å². The highest BCUT2D eigenvalue weighted by atomic mass is 16.5. The van der Waals surface area contributed by atoms with Crippen LogP contribution in [0.2, 0.25) is 0 Å². The van der Waals surface area contributed by atoms with Crippen molar-refractivity contribution in [3.8, 4) is 5.75 Å². The SMILES string of the molecule is CCn1ccc(C(=O)N2C[C@H]3CC[C@@H]2CN(Cc2ccc(OC)cc2)C3)n1. The van der Waals surface area contributed by atoms with Crippen LogP contribution >= 0.6 is 0 Å². The minimum Gasteiger partial charge on any atom is -0.497 e. The maximum absolute atomic E-state index is 13.0. The van der Waals surface area contributed by atoms with E-state index < -0.39 is 0 Å². The quantitative estimate of drug-likeness (QED) is 0.814. The molecule has 1 amide bonds. The van der Waals surface area contributed by atoms with E-state index in [9.17, 15) is 4.79 Å². The Labute approximate surface area is 160 Å². The molecule has 3 aliphatic rings. The number of benzene rings is 1. The average molecular weight is 368 g/mol. The van der Waals surface area contributed by atoms with Gasteiger partial charge in [0.1, 0.15) is 11.4 Å². The fourth-order valence-corrected chi connectivity index (χ4v) is 4.35. The summed E-state index contributed by atoms with van der Waals surface area (Å²) in [5.41, 5.74) is 1.86. The summed E-state index contributed by atoms with van der Waals surface area (Å²) in [7, 11) is 1.69. The highest BCUT2D eigenvalue weighted by Crippen LogP contribution is 2.30. The minimum atomic E-state index is 0.0863. The molecule has 4 heterocycles. The standard InChI is InChI=1S/C21H28N4O2/c1-3-24-11-10-20(22-24)21(26)25-14-17-4-7-18(25)15-23(13-17)12-16-5-8-19(27-2)9-6-16/h5-6,8-11,17-18H,3-4,7,12-15H2,1-2H3/t17-,18+/m0/s1. The number of aryl methyl sites for hydroxylation is 1. The lowest BCUT2D eigenvalue weighted by atomic mass is 9.95. The number of carbonyl (C=O) groups is 1. The first-order chi connectivity index (χ1) is 13.2. The number of aromatic nitrogens is 2. The molecule has 1 aromatic heterocycles. The molecule has 0 aliphatic carbocycles.